The zero-order valence-corrected chi connectivity index (χ0v) is 16.1. The lowest BCUT2D eigenvalue weighted by Crippen LogP contribution is -3.12. The van der Waals surface area contributed by atoms with Crippen molar-refractivity contribution in [2.24, 2.45) is 0 Å². The highest BCUT2D eigenvalue weighted by Crippen LogP contribution is 2.25. The summed E-state index contributed by atoms with van der Waals surface area (Å²) >= 11 is 12.0. The minimum Gasteiger partial charge on any atom is -0.494 e. The summed E-state index contributed by atoms with van der Waals surface area (Å²) in [6.45, 7) is 5.23. The van der Waals surface area contributed by atoms with Gasteiger partial charge in [0.05, 0.1) is 24.4 Å². The minimum absolute atomic E-state index is 0.0901. The number of ether oxygens (including phenoxy) is 1. The number of rotatable bonds is 7. The number of hydrogen-bond donors (Lipinski definition) is 2. The molecule has 1 amide bonds. The topological polar surface area (TPSA) is 42.8 Å². The maximum atomic E-state index is 12.5. The Morgan fingerprint density at radius 1 is 1.20 bits per heavy atom. The second-order valence-electron chi connectivity index (χ2n) is 5.94. The molecule has 0 spiro atoms. The van der Waals surface area contributed by atoms with E-state index >= 15 is 0 Å². The highest BCUT2D eigenvalue weighted by molar-refractivity contribution is 6.36. The van der Waals surface area contributed by atoms with E-state index in [4.69, 9.17) is 27.9 Å². The molecule has 0 aliphatic carbocycles. The number of anilines is 1. The van der Waals surface area contributed by atoms with Gasteiger partial charge in [0.25, 0.3) is 5.91 Å². The van der Waals surface area contributed by atoms with Crippen molar-refractivity contribution in [3.63, 3.8) is 0 Å². The molecule has 0 aromatic heterocycles. The van der Waals surface area contributed by atoms with Crippen molar-refractivity contribution in [2.45, 2.75) is 26.4 Å². The third-order valence-corrected chi connectivity index (χ3v) is 4.59. The molecule has 0 heterocycles. The number of carbonyl (C=O) groups excluding carboxylic acids is 1. The van der Waals surface area contributed by atoms with Crippen LogP contribution in [-0.4, -0.2) is 25.6 Å². The first-order valence-electron chi connectivity index (χ1n) is 8.20. The predicted molar refractivity (Wildman–Crippen MR) is 103 cm³/mol. The van der Waals surface area contributed by atoms with Gasteiger partial charge in [-0.2, -0.15) is 0 Å². The second kappa shape index (κ2) is 9.09. The summed E-state index contributed by atoms with van der Waals surface area (Å²) in [5.41, 5.74) is 1.71. The Morgan fingerprint density at radius 2 is 1.88 bits per heavy atom. The molecule has 0 fully saturated rings. The molecule has 2 N–H and O–H groups in total. The van der Waals surface area contributed by atoms with E-state index in [1.165, 1.54) is 0 Å². The molecule has 0 aliphatic heterocycles. The van der Waals surface area contributed by atoms with Gasteiger partial charge in [-0.1, -0.05) is 23.2 Å². The maximum absolute atomic E-state index is 12.5. The number of halogens is 2. The van der Waals surface area contributed by atoms with Gasteiger partial charge in [0.1, 0.15) is 12.3 Å². The summed E-state index contributed by atoms with van der Waals surface area (Å²) in [5, 5.41) is 3.82. The van der Waals surface area contributed by atoms with E-state index in [0.717, 1.165) is 22.8 Å². The van der Waals surface area contributed by atoms with Crippen molar-refractivity contribution in [3.8, 4) is 5.75 Å². The van der Waals surface area contributed by atoms with Gasteiger partial charge in [0.15, 0.2) is 6.04 Å². The van der Waals surface area contributed by atoms with E-state index in [-0.39, 0.29) is 11.9 Å². The molecule has 1 unspecified atom stereocenters. The van der Waals surface area contributed by atoms with Crippen LogP contribution in [0.2, 0.25) is 10.0 Å². The SMILES string of the molecule is CCOc1ccc(C[NH+](C)[C@H](C)C(=O)Nc2ccc(Cl)cc2Cl)cc1. The normalized spacial score (nSPS) is 13.2. The van der Waals surface area contributed by atoms with Crippen LogP contribution in [0, 0.1) is 0 Å². The average Bonchev–Trinajstić information content (AvgIpc) is 2.58. The number of quaternary nitrogens is 1. The number of likely N-dealkylation sites (N-methyl/N-ethyl adjacent to an activating group) is 1. The third-order valence-electron chi connectivity index (χ3n) is 4.04. The van der Waals surface area contributed by atoms with E-state index in [2.05, 4.69) is 5.32 Å². The van der Waals surface area contributed by atoms with Crippen LogP contribution >= 0.6 is 23.2 Å². The zero-order chi connectivity index (χ0) is 18.4. The summed E-state index contributed by atoms with van der Waals surface area (Å²) in [4.78, 5) is 13.6. The minimum atomic E-state index is -0.238. The lowest BCUT2D eigenvalue weighted by atomic mass is 10.1. The average molecular weight is 382 g/mol. The molecule has 2 atom stereocenters. The predicted octanol–water partition coefficient (Wildman–Crippen LogP) is 3.43. The Hall–Kier alpha value is -1.75. The number of nitrogens with one attached hydrogen (secondary N) is 2. The highest BCUT2D eigenvalue weighted by atomic mass is 35.5. The summed E-state index contributed by atoms with van der Waals surface area (Å²) in [7, 11) is 1.99. The van der Waals surface area contributed by atoms with Gasteiger partial charge in [-0.05, 0) is 56.3 Å². The Labute approximate surface area is 158 Å². The van der Waals surface area contributed by atoms with Gasteiger partial charge >= 0.3 is 0 Å². The quantitative estimate of drug-likeness (QED) is 0.771. The number of hydrogen-bond acceptors (Lipinski definition) is 2. The first-order chi connectivity index (χ1) is 11.9. The molecular formula is C19H23Cl2N2O2+. The highest BCUT2D eigenvalue weighted by Gasteiger charge is 2.22. The first kappa shape index (κ1) is 19.6. The molecule has 2 rings (SSSR count). The number of amides is 1. The van der Waals surface area contributed by atoms with E-state index in [1.807, 2.05) is 45.2 Å². The molecule has 6 heteroatoms. The molecule has 25 heavy (non-hydrogen) atoms. The molecule has 0 bridgehead atoms. The van der Waals surface area contributed by atoms with Crippen LogP contribution in [-0.2, 0) is 11.3 Å². The molecule has 4 nitrogen and oxygen atoms in total. The van der Waals surface area contributed by atoms with E-state index < -0.39 is 0 Å². The van der Waals surface area contributed by atoms with Crippen molar-refractivity contribution >= 4 is 34.8 Å². The van der Waals surface area contributed by atoms with E-state index in [1.54, 1.807) is 18.2 Å². The molecule has 0 radical (unpaired) electrons. The van der Waals surface area contributed by atoms with Crippen LogP contribution in [0.15, 0.2) is 42.5 Å². The van der Waals surface area contributed by atoms with E-state index in [9.17, 15) is 4.79 Å². The van der Waals surface area contributed by atoms with Gasteiger partial charge in [-0.15, -0.1) is 0 Å². The smallest absolute Gasteiger partial charge is 0.282 e. The van der Waals surface area contributed by atoms with Crippen LogP contribution < -0.4 is 15.0 Å². The fraction of sp³-hybridized carbons (Fsp3) is 0.316. The van der Waals surface area contributed by atoms with Gasteiger partial charge in [-0.3, -0.25) is 4.79 Å². The Kier molecular flexibility index (Phi) is 7.12. The molecule has 2 aromatic carbocycles. The fourth-order valence-electron chi connectivity index (χ4n) is 2.40. The fourth-order valence-corrected chi connectivity index (χ4v) is 2.86. The molecule has 0 saturated heterocycles. The molecule has 134 valence electrons. The lowest BCUT2D eigenvalue weighted by molar-refractivity contribution is -0.907. The maximum Gasteiger partial charge on any atom is 0.282 e. The Balaban J connectivity index is 1.96. The van der Waals surface area contributed by atoms with Crippen LogP contribution in [0.3, 0.4) is 0 Å². The number of carbonyl (C=O) groups is 1. The van der Waals surface area contributed by atoms with Crippen molar-refractivity contribution in [1.29, 1.82) is 0 Å². The van der Waals surface area contributed by atoms with E-state index in [0.29, 0.717) is 22.3 Å². The third kappa shape index (κ3) is 5.63. The molecule has 0 aliphatic rings. The van der Waals surface area contributed by atoms with Gasteiger partial charge in [0.2, 0.25) is 0 Å². The second-order valence-corrected chi connectivity index (χ2v) is 6.78. The standard InChI is InChI=1S/C19H22Cl2N2O2/c1-4-25-16-8-5-14(6-9-16)12-23(3)13(2)19(24)22-18-10-7-15(20)11-17(18)21/h5-11,13H,4,12H2,1-3H3,(H,22,24)/p+1/t13-/m1/s1. The summed E-state index contributed by atoms with van der Waals surface area (Å²) in [5.74, 6) is 0.764. The van der Waals surface area contributed by atoms with Crippen molar-refractivity contribution in [1.82, 2.24) is 0 Å². The summed E-state index contributed by atoms with van der Waals surface area (Å²) in [6.07, 6.45) is 0. The van der Waals surface area contributed by atoms with Gasteiger partial charge < -0.3 is 15.0 Å². The van der Waals surface area contributed by atoms with Crippen molar-refractivity contribution in [2.75, 3.05) is 19.0 Å². The van der Waals surface area contributed by atoms with Gasteiger partial charge in [-0.25, -0.2) is 0 Å². The zero-order valence-electron chi connectivity index (χ0n) is 14.6. The molecular weight excluding hydrogens is 359 g/mol. The molecule has 0 saturated carbocycles. The number of benzene rings is 2. The monoisotopic (exact) mass is 381 g/mol. The summed E-state index contributed by atoms with van der Waals surface area (Å²) < 4.78 is 5.44. The largest absolute Gasteiger partial charge is 0.494 e. The van der Waals surface area contributed by atoms with Crippen LogP contribution in [0.25, 0.3) is 0 Å². The summed E-state index contributed by atoms with van der Waals surface area (Å²) in [6, 6.07) is 12.7. The van der Waals surface area contributed by atoms with Crippen molar-refractivity contribution < 1.29 is 14.4 Å². The lowest BCUT2D eigenvalue weighted by Gasteiger charge is -2.21. The first-order valence-corrected chi connectivity index (χ1v) is 8.96. The van der Waals surface area contributed by atoms with Crippen molar-refractivity contribution in [3.05, 3.63) is 58.1 Å². The Bertz CT molecular complexity index is 720. The van der Waals surface area contributed by atoms with Crippen LogP contribution in [0.1, 0.15) is 19.4 Å². The van der Waals surface area contributed by atoms with Gasteiger partial charge in [0, 0.05) is 10.6 Å². The Morgan fingerprint density at radius 3 is 2.48 bits per heavy atom. The van der Waals surface area contributed by atoms with Crippen LogP contribution in [0.4, 0.5) is 5.69 Å². The van der Waals surface area contributed by atoms with Crippen LogP contribution in [0.5, 0.6) is 5.75 Å². The molecule has 2 aromatic rings.